The molecule has 0 aliphatic rings. The third-order valence-corrected chi connectivity index (χ3v) is 4.40. The largest absolute Gasteiger partial charge is 0.506 e. The van der Waals surface area contributed by atoms with Gasteiger partial charge in [0.25, 0.3) is 11.4 Å². The van der Waals surface area contributed by atoms with E-state index in [0.29, 0.717) is 23.3 Å². The van der Waals surface area contributed by atoms with E-state index in [4.69, 9.17) is 9.26 Å². The summed E-state index contributed by atoms with van der Waals surface area (Å²) in [4.78, 5) is 17.0. The molecule has 0 saturated carbocycles. The third kappa shape index (κ3) is 2.79. The molecule has 1 N–H and O–H groups in total. The predicted octanol–water partition coefficient (Wildman–Crippen LogP) is 3.50. The Balaban J connectivity index is 1.90. The van der Waals surface area contributed by atoms with Crippen LogP contribution in [0.2, 0.25) is 0 Å². The number of rotatable bonds is 4. The van der Waals surface area contributed by atoms with Gasteiger partial charge >= 0.3 is 0 Å². The number of hydrogen-bond acceptors (Lipinski definition) is 6. The van der Waals surface area contributed by atoms with Crippen LogP contribution < -0.4 is 10.3 Å². The lowest BCUT2D eigenvalue weighted by Crippen LogP contribution is -2.19. The molecule has 0 bridgehead atoms. The number of aryl methyl sites for hydroxylation is 1. The molecule has 8 heteroatoms. The summed E-state index contributed by atoms with van der Waals surface area (Å²) in [6, 6.07) is 10.9. The van der Waals surface area contributed by atoms with Crippen molar-refractivity contribution in [3.63, 3.8) is 0 Å². The summed E-state index contributed by atoms with van der Waals surface area (Å²) in [5.74, 6) is -0.192. The number of nitrogens with zero attached hydrogens (tertiary/aromatic N) is 3. The van der Waals surface area contributed by atoms with Gasteiger partial charge in [0.15, 0.2) is 0 Å². The maximum absolute atomic E-state index is 13.5. The SMILES string of the molecule is CCOc1ccccc1-c1noc(-c2c(O)c3ccc(F)cc3n(C)c2=O)n1. The molecule has 4 rings (SSSR count). The Bertz CT molecular complexity index is 1250. The van der Waals surface area contributed by atoms with Gasteiger partial charge in [0.1, 0.15) is 22.9 Å². The van der Waals surface area contributed by atoms with Crippen LogP contribution in [-0.2, 0) is 7.05 Å². The van der Waals surface area contributed by atoms with Crippen LogP contribution in [0.3, 0.4) is 0 Å². The van der Waals surface area contributed by atoms with E-state index in [1.165, 1.54) is 29.8 Å². The zero-order valence-corrected chi connectivity index (χ0v) is 15.1. The number of pyridine rings is 1. The number of benzene rings is 2. The van der Waals surface area contributed by atoms with Gasteiger partial charge in [0.2, 0.25) is 5.82 Å². The van der Waals surface area contributed by atoms with Gasteiger partial charge in [-0.3, -0.25) is 4.79 Å². The summed E-state index contributed by atoms with van der Waals surface area (Å²) < 4.78 is 25.6. The minimum absolute atomic E-state index is 0.134. The molecule has 142 valence electrons. The Morgan fingerprint density at radius 1 is 1.25 bits per heavy atom. The molecule has 2 aromatic heterocycles. The van der Waals surface area contributed by atoms with Crippen molar-refractivity contribution >= 4 is 10.9 Å². The lowest BCUT2D eigenvalue weighted by molar-refractivity contribution is 0.341. The average Bonchev–Trinajstić information content (AvgIpc) is 3.16. The Kier molecular flexibility index (Phi) is 4.31. The second-order valence-corrected chi connectivity index (χ2v) is 6.10. The summed E-state index contributed by atoms with van der Waals surface area (Å²) in [7, 11) is 1.48. The summed E-state index contributed by atoms with van der Waals surface area (Å²) >= 11 is 0. The maximum atomic E-state index is 13.5. The van der Waals surface area contributed by atoms with Crippen LogP contribution in [0, 0.1) is 5.82 Å². The van der Waals surface area contributed by atoms with Gasteiger partial charge in [-0.1, -0.05) is 17.3 Å². The molecule has 0 radical (unpaired) electrons. The summed E-state index contributed by atoms with van der Waals surface area (Å²) in [5, 5.41) is 14.9. The van der Waals surface area contributed by atoms with Crippen molar-refractivity contribution < 1.29 is 18.8 Å². The first-order valence-electron chi connectivity index (χ1n) is 8.58. The highest BCUT2D eigenvalue weighted by Crippen LogP contribution is 2.34. The topological polar surface area (TPSA) is 90.4 Å². The zero-order valence-electron chi connectivity index (χ0n) is 15.1. The fraction of sp³-hybridized carbons (Fsp3) is 0.150. The average molecular weight is 381 g/mol. The van der Waals surface area contributed by atoms with Crippen molar-refractivity contribution in [3.05, 3.63) is 58.6 Å². The number of aromatic nitrogens is 3. The molecule has 0 aliphatic heterocycles. The molecule has 7 nitrogen and oxygen atoms in total. The van der Waals surface area contributed by atoms with Crippen molar-refractivity contribution in [3.8, 4) is 34.3 Å². The Hall–Kier alpha value is -3.68. The number of ether oxygens (including phenoxy) is 1. The number of aromatic hydroxyl groups is 1. The number of hydrogen-bond donors (Lipinski definition) is 1. The second kappa shape index (κ2) is 6.80. The van der Waals surface area contributed by atoms with Crippen molar-refractivity contribution in [2.75, 3.05) is 6.61 Å². The first-order chi connectivity index (χ1) is 13.5. The maximum Gasteiger partial charge on any atom is 0.267 e. The van der Waals surface area contributed by atoms with Crippen molar-refractivity contribution in [2.24, 2.45) is 7.05 Å². The summed E-state index contributed by atoms with van der Waals surface area (Å²) in [6.45, 7) is 2.32. The van der Waals surface area contributed by atoms with Gasteiger partial charge in [-0.2, -0.15) is 4.98 Å². The van der Waals surface area contributed by atoms with E-state index < -0.39 is 11.4 Å². The van der Waals surface area contributed by atoms with E-state index in [1.807, 2.05) is 13.0 Å². The number of halogens is 1. The summed E-state index contributed by atoms with van der Waals surface area (Å²) in [6.07, 6.45) is 0. The van der Waals surface area contributed by atoms with Crippen LogP contribution >= 0.6 is 0 Å². The van der Waals surface area contributed by atoms with Crippen LogP contribution in [0.1, 0.15) is 6.92 Å². The molecule has 28 heavy (non-hydrogen) atoms. The highest BCUT2D eigenvalue weighted by molar-refractivity contribution is 5.91. The van der Waals surface area contributed by atoms with Gasteiger partial charge < -0.3 is 18.9 Å². The van der Waals surface area contributed by atoms with E-state index in [9.17, 15) is 14.3 Å². The predicted molar refractivity (Wildman–Crippen MR) is 101 cm³/mol. The van der Waals surface area contributed by atoms with Crippen molar-refractivity contribution in [1.82, 2.24) is 14.7 Å². The minimum Gasteiger partial charge on any atom is -0.506 e. The smallest absolute Gasteiger partial charge is 0.267 e. The van der Waals surface area contributed by atoms with E-state index in [0.717, 1.165) is 0 Å². The molecular weight excluding hydrogens is 365 g/mol. The Labute approximate surface area is 158 Å². The van der Waals surface area contributed by atoms with Crippen LogP contribution in [0.5, 0.6) is 11.5 Å². The second-order valence-electron chi connectivity index (χ2n) is 6.10. The molecule has 0 amide bonds. The highest BCUT2D eigenvalue weighted by Gasteiger charge is 2.23. The molecular formula is C20H16FN3O4. The molecule has 0 atom stereocenters. The number of fused-ring (bicyclic) bond motifs is 1. The van der Waals surface area contributed by atoms with E-state index in [-0.39, 0.29) is 28.5 Å². The molecule has 0 aliphatic carbocycles. The first-order valence-corrected chi connectivity index (χ1v) is 8.58. The Morgan fingerprint density at radius 3 is 2.82 bits per heavy atom. The highest BCUT2D eigenvalue weighted by atomic mass is 19.1. The van der Waals surface area contributed by atoms with Crippen LogP contribution in [0.4, 0.5) is 4.39 Å². The quantitative estimate of drug-likeness (QED) is 0.582. The van der Waals surface area contributed by atoms with Gasteiger partial charge in [0.05, 0.1) is 17.7 Å². The molecule has 0 spiro atoms. The molecule has 2 aromatic carbocycles. The van der Waals surface area contributed by atoms with E-state index in [2.05, 4.69) is 10.1 Å². The monoisotopic (exact) mass is 381 g/mol. The van der Waals surface area contributed by atoms with Crippen molar-refractivity contribution in [2.45, 2.75) is 6.92 Å². The van der Waals surface area contributed by atoms with Gasteiger partial charge in [-0.25, -0.2) is 4.39 Å². The van der Waals surface area contributed by atoms with Crippen LogP contribution in [0.15, 0.2) is 51.8 Å². The normalized spacial score (nSPS) is 11.1. The Morgan fingerprint density at radius 2 is 2.04 bits per heavy atom. The van der Waals surface area contributed by atoms with Gasteiger partial charge in [0, 0.05) is 12.4 Å². The van der Waals surface area contributed by atoms with Crippen molar-refractivity contribution in [1.29, 1.82) is 0 Å². The molecule has 0 saturated heterocycles. The van der Waals surface area contributed by atoms with Gasteiger partial charge in [-0.15, -0.1) is 0 Å². The first kappa shape index (κ1) is 17.7. The molecule has 0 unspecified atom stereocenters. The minimum atomic E-state index is -0.580. The third-order valence-electron chi connectivity index (χ3n) is 4.40. The van der Waals surface area contributed by atoms with E-state index in [1.54, 1.807) is 18.2 Å². The lowest BCUT2D eigenvalue weighted by Gasteiger charge is -2.09. The van der Waals surface area contributed by atoms with Gasteiger partial charge in [-0.05, 0) is 37.3 Å². The van der Waals surface area contributed by atoms with Crippen LogP contribution in [0.25, 0.3) is 33.7 Å². The zero-order chi connectivity index (χ0) is 19.8. The fourth-order valence-electron chi connectivity index (χ4n) is 3.06. The standard InChI is InChI=1S/C20H16FN3O4/c1-3-27-15-7-5-4-6-13(15)18-22-19(28-23-18)16-17(25)12-9-8-11(21)10-14(12)24(2)20(16)26/h4-10,25H,3H2,1-2H3. The van der Waals surface area contributed by atoms with Crippen LogP contribution in [-0.4, -0.2) is 26.4 Å². The summed E-state index contributed by atoms with van der Waals surface area (Å²) in [5.41, 5.74) is 0.129. The number of para-hydroxylation sites is 1. The lowest BCUT2D eigenvalue weighted by atomic mass is 10.1. The van der Waals surface area contributed by atoms with E-state index >= 15 is 0 Å². The molecule has 2 heterocycles. The fourth-order valence-corrected chi connectivity index (χ4v) is 3.06. The molecule has 4 aromatic rings. The molecule has 0 fully saturated rings.